The molecule has 1 saturated heterocycles. The Balaban J connectivity index is 2.13. The predicted molar refractivity (Wildman–Crippen MR) is 71.5 cm³/mol. The van der Waals surface area contributed by atoms with Crippen molar-refractivity contribution in [3.05, 3.63) is 18.0 Å². The van der Waals surface area contributed by atoms with Gasteiger partial charge in [-0.25, -0.2) is 4.98 Å². The van der Waals surface area contributed by atoms with Gasteiger partial charge in [0, 0.05) is 18.3 Å². The number of methoxy groups -OCH3 is 1. The van der Waals surface area contributed by atoms with Gasteiger partial charge in [0.05, 0.1) is 12.8 Å². The summed E-state index contributed by atoms with van der Waals surface area (Å²) in [6.07, 6.45) is 4.31. The van der Waals surface area contributed by atoms with Crippen molar-refractivity contribution in [2.45, 2.75) is 45.7 Å². The molecule has 1 aliphatic rings. The first-order chi connectivity index (χ1) is 8.56. The van der Waals surface area contributed by atoms with Crippen LogP contribution in [0.2, 0.25) is 0 Å². The molecule has 0 bridgehead atoms. The summed E-state index contributed by atoms with van der Waals surface area (Å²) in [5.74, 6) is 0.656. The molecule has 2 rings (SSSR count). The van der Waals surface area contributed by atoms with Crippen LogP contribution in [0, 0.1) is 5.92 Å². The van der Waals surface area contributed by atoms with Crippen molar-refractivity contribution < 1.29 is 4.74 Å². The third-order valence-corrected chi connectivity index (χ3v) is 4.30. The fraction of sp³-hybridized carbons (Fsp3) is 0.714. The minimum Gasteiger partial charge on any atom is -0.467 e. The van der Waals surface area contributed by atoms with E-state index in [9.17, 15) is 0 Å². The Kier molecular flexibility index (Phi) is 3.85. The van der Waals surface area contributed by atoms with Crippen LogP contribution < -0.4 is 4.74 Å². The van der Waals surface area contributed by atoms with E-state index in [2.05, 4.69) is 35.6 Å². The van der Waals surface area contributed by atoms with Crippen LogP contribution in [0.15, 0.2) is 12.3 Å². The number of rotatable bonds is 4. The first kappa shape index (κ1) is 13.3. The molecule has 2 heterocycles. The summed E-state index contributed by atoms with van der Waals surface area (Å²) in [4.78, 5) is 11.0. The van der Waals surface area contributed by atoms with Crippen LogP contribution in [0.5, 0.6) is 6.01 Å². The zero-order chi connectivity index (χ0) is 13.2. The minimum atomic E-state index is 0.290. The van der Waals surface area contributed by atoms with E-state index in [0.29, 0.717) is 11.9 Å². The average Bonchev–Trinajstić information content (AvgIpc) is 2.73. The normalized spacial score (nSPS) is 24.7. The molecule has 0 amide bonds. The molecule has 1 aromatic rings. The second-order valence-electron chi connectivity index (χ2n) is 5.57. The van der Waals surface area contributed by atoms with E-state index in [1.165, 1.54) is 12.8 Å². The van der Waals surface area contributed by atoms with E-state index in [1.807, 2.05) is 6.07 Å². The highest BCUT2D eigenvalue weighted by atomic mass is 16.5. The maximum Gasteiger partial charge on any atom is 0.316 e. The highest BCUT2D eigenvalue weighted by Crippen LogP contribution is 2.36. The Hall–Kier alpha value is -1.16. The lowest BCUT2D eigenvalue weighted by molar-refractivity contribution is 0.0966. The molecule has 0 aliphatic carbocycles. The summed E-state index contributed by atoms with van der Waals surface area (Å²) in [6, 6.07) is 2.43. The van der Waals surface area contributed by atoms with Gasteiger partial charge in [0.2, 0.25) is 0 Å². The van der Waals surface area contributed by atoms with E-state index >= 15 is 0 Å². The van der Waals surface area contributed by atoms with Crippen molar-refractivity contribution in [3.8, 4) is 6.01 Å². The minimum absolute atomic E-state index is 0.290. The number of hydrogen-bond donors (Lipinski definition) is 0. The van der Waals surface area contributed by atoms with E-state index in [0.717, 1.165) is 18.8 Å². The van der Waals surface area contributed by atoms with Gasteiger partial charge in [-0.2, -0.15) is 4.98 Å². The Bertz CT molecular complexity index is 408. The molecule has 4 heteroatoms. The standard InChI is InChI=1S/C14H23N3O/c1-11(2)14(3)7-5-9-17(14)10-12-6-8-15-13(16-12)18-4/h6,8,11H,5,7,9-10H2,1-4H3. The van der Waals surface area contributed by atoms with Crippen molar-refractivity contribution in [2.75, 3.05) is 13.7 Å². The van der Waals surface area contributed by atoms with Crippen LogP contribution in [0.3, 0.4) is 0 Å². The molecule has 0 aromatic carbocycles. The van der Waals surface area contributed by atoms with Crippen molar-refractivity contribution in [1.82, 2.24) is 14.9 Å². The SMILES string of the molecule is COc1nccc(CN2CCCC2(C)C(C)C)n1. The maximum atomic E-state index is 5.08. The lowest BCUT2D eigenvalue weighted by Crippen LogP contribution is -2.45. The number of likely N-dealkylation sites (tertiary alicyclic amines) is 1. The molecule has 1 aliphatic heterocycles. The molecular weight excluding hydrogens is 226 g/mol. The molecule has 1 fully saturated rings. The quantitative estimate of drug-likeness (QED) is 0.821. The van der Waals surface area contributed by atoms with Crippen LogP contribution >= 0.6 is 0 Å². The fourth-order valence-corrected chi connectivity index (χ4v) is 2.71. The molecule has 0 spiro atoms. The Labute approximate surface area is 109 Å². The van der Waals surface area contributed by atoms with Crippen molar-refractivity contribution >= 4 is 0 Å². The Morgan fingerprint density at radius 2 is 2.28 bits per heavy atom. The number of nitrogens with zero attached hydrogens (tertiary/aromatic N) is 3. The van der Waals surface area contributed by atoms with Gasteiger partial charge in [0.15, 0.2) is 0 Å². The number of hydrogen-bond acceptors (Lipinski definition) is 4. The molecule has 100 valence electrons. The number of aromatic nitrogens is 2. The van der Waals surface area contributed by atoms with Gasteiger partial charge in [0.1, 0.15) is 0 Å². The lowest BCUT2D eigenvalue weighted by atomic mass is 9.86. The second kappa shape index (κ2) is 5.22. The first-order valence-electron chi connectivity index (χ1n) is 6.67. The van der Waals surface area contributed by atoms with Crippen LogP contribution in [-0.2, 0) is 6.54 Å². The first-order valence-corrected chi connectivity index (χ1v) is 6.67. The molecule has 1 unspecified atom stereocenters. The summed E-state index contributed by atoms with van der Waals surface area (Å²) in [5.41, 5.74) is 1.33. The third kappa shape index (κ3) is 2.48. The van der Waals surface area contributed by atoms with E-state index in [4.69, 9.17) is 4.74 Å². The topological polar surface area (TPSA) is 38.2 Å². The van der Waals surface area contributed by atoms with Gasteiger partial charge in [0.25, 0.3) is 0 Å². The zero-order valence-electron chi connectivity index (χ0n) is 11.8. The van der Waals surface area contributed by atoms with E-state index in [1.54, 1.807) is 13.3 Å². The van der Waals surface area contributed by atoms with E-state index < -0.39 is 0 Å². The van der Waals surface area contributed by atoms with Gasteiger partial charge in [-0.15, -0.1) is 0 Å². The summed E-state index contributed by atoms with van der Waals surface area (Å²) in [6.45, 7) is 9.01. The molecule has 4 nitrogen and oxygen atoms in total. The average molecular weight is 249 g/mol. The van der Waals surface area contributed by atoms with Gasteiger partial charge < -0.3 is 4.74 Å². The zero-order valence-corrected chi connectivity index (χ0v) is 11.8. The van der Waals surface area contributed by atoms with Crippen LogP contribution in [0.1, 0.15) is 39.3 Å². The smallest absolute Gasteiger partial charge is 0.316 e. The van der Waals surface area contributed by atoms with Gasteiger partial charge in [-0.05, 0) is 38.3 Å². The summed E-state index contributed by atoms with van der Waals surface area (Å²) < 4.78 is 5.08. The molecule has 0 saturated carbocycles. The molecule has 1 atom stereocenters. The van der Waals surface area contributed by atoms with Crippen molar-refractivity contribution in [3.63, 3.8) is 0 Å². The molecule has 0 radical (unpaired) electrons. The monoisotopic (exact) mass is 249 g/mol. The summed E-state index contributed by atoms with van der Waals surface area (Å²) >= 11 is 0. The highest BCUT2D eigenvalue weighted by Gasteiger charge is 2.38. The van der Waals surface area contributed by atoms with Crippen molar-refractivity contribution in [2.24, 2.45) is 5.92 Å². The number of ether oxygens (including phenoxy) is 1. The predicted octanol–water partition coefficient (Wildman–Crippen LogP) is 2.50. The van der Waals surface area contributed by atoms with Crippen LogP contribution in [0.25, 0.3) is 0 Å². The molecule has 1 aromatic heterocycles. The van der Waals surface area contributed by atoms with Crippen LogP contribution in [-0.4, -0.2) is 34.1 Å². The largest absolute Gasteiger partial charge is 0.467 e. The Morgan fingerprint density at radius 1 is 1.50 bits per heavy atom. The molecular formula is C14H23N3O. The molecule has 0 N–H and O–H groups in total. The highest BCUT2D eigenvalue weighted by molar-refractivity contribution is 5.07. The maximum absolute atomic E-state index is 5.08. The van der Waals surface area contributed by atoms with Gasteiger partial charge in [-0.1, -0.05) is 13.8 Å². The van der Waals surface area contributed by atoms with Gasteiger partial charge in [-0.3, -0.25) is 4.90 Å². The summed E-state index contributed by atoms with van der Waals surface area (Å²) in [5, 5.41) is 0. The fourth-order valence-electron chi connectivity index (χ4n) is 2.71. The van der Waals surface area contributed by atoms with Crippen LogP contribution in [0.4, 0.5) is 0 Å². The summed E-state index contributed by atoms with van der Waals surface area (Å²) in [7, 11) is 1.60. The van der Waals surface area contributed by atoms with Crippen molar-refractivity contribution in [1.29, 1.82) is 0 Å². The van der Waals surface area contributed by atoms with Gasteiger partial charge >= 0.3 is 6.01 Å². The Morgan fingerprint density at radius 3 is 2.94 bits per heavy atom. The van der Waals surface area contributed by atoms with E-state index in [-0.39, 0.29) is 5.54 Å². The molecule has 18 heavy (non-hydrogen) atoms. The second-order valence-corrected chi connectivity index (χ2v) is 5.57. The third-order valence-electron chi connectivity index (χ3n) is 4.30. The lowest BCUT2D eigenvalue weighted by Gasteiger charge is -2.38.